The van der Waals surface area contributed by atoms with Crippen LogP contribution in [-0.2, 0) is 14.8 Å². The highest BCUT2D eigenvalue weighted by Gasteiger charge is 2.27. The van der Waals surface area contributed by atoms with E-state index in [1.54, 1.807) is 49.5 Å². The Morgan fingerprint density at radius 3 is 2.18 bits per heavy atom. The summed E-state index contributed by atoms with van der Waals surface area (Å²) in [5.74, 6) is -0.470. The van der Waals surface area contributed by atoms with Crippen molar-refractivity contribution in [2.75, 3.05) is 43.1 Å². The van der Waals surface area contributed by atoms with Crippen molar-refractivity contribution in [3.05, 3.63) is 89.1 Å². The summed E-state index contributed by atoms with van der Waals surface area (Å²) in [6, 6.07) is 20.0. The normalized spacial score (nSPS) is 13.9. The Morgan fingerprint density at radius 2 is 1.55 bits per heavy atom. The molecule has 0 radical (unpaired) electrons. The smallest absolute Gasteiger partial charge is 0.338 e. The van der Waals surface area contributed by atoms with Gasteiger partial charge in [-0.2, -0.15) is 5.26 Å². The van der Waals surface area contributed by atoms with Gasteiger partial charge in [-0.05, 0) is 55.8 Å². The van der Waals surface area contributed by atoms with Crippen LogP contribution < -0.4 is 9.80 Å². The first-order valence-electron chi connectivity index (χ1n) is 12.3. The van der Waals surface area contributed by atoms with Gasteiger partial charge in [-0.25, -0.2) is 17.2 Å². The number of aryl methyl sites for hydroxylation is 2. The van der Waals surface area contributed by atoms with Crippen LogP contribution >= 0.6 is 0 Å². The maximum absolute atomic E-state index is 13.8. The minimum absolute atomic E-state index is 0.194. The second kappa shape index (κ2) is 9.88. The number of piperazine rings is 1. The van der Waals surface area contributed by atoms with Crippen molar-refractivity contribution < 1.29 is 17.9 Å². The molecule has 0 unspecified atom stereocenters. The summed E-state index contributed by atoms with van der Waals surface area (Å²) in [4.78, 5) is 17.0. The van der Waals surface area contributed by atoms with Gasteiger partial charge in [0.05, 0.1) is 40.0 Å². The van der Waals surface area contributed by atoms with E-state index in [4.69, 9.17) is 4.74 Å². The molecule has 38 heavy (non-hydrogen) atoms. The van der Waals surface area contributed by atoms with Crippen LogP contribution in [0.5, 0.6) is 0 Å². The standard InChI is InChI=1S/C29H28N4O4S/c1-20-8-10-23(11-9-20)38(35,36)33-19-28(25-17-24(29(34)37-3)21(2)16-27(25)33)32-14-12-31(13-15-32)26-7-5-4-6-22(26)18-30/h4-11,16-17,19H,12-15H2,1-3H3. The zero-order valence-electron chi connectivity index (χ0n) is 21.5. The van der Waals surface area contributed by atoms with Crippen LogP contribution in [0.15, 0.2) is 71.8 Å². The molecule has 0 atom stereocenters. The fourth-order valence-corrected chi connectivity index (χ4v) is 6.32. The highest BCUT2D eigenvalue weighted by molar-refractivity contribution is 7.90. The Kier molecular flexibility index (Phi) is 6.59. The summed E-state index contributed by atoms with van der Waals surface area (Å²) >= 11 is 0. The molecule has 1 aromatic heterocycles. The SMILES string of the molecule is COC(=O)c1cc2c(N3CCN(c4ccccc4C#N)CC3)cn(S(=O)(=O)c3ccc(C)cc3)c2cc1C. The number of rotatable bonds is 5. The van der Waals surface area contributed by atoms with Crippen molar-refractivity contribution in [1.82, 2.24) is 3.97 Å². The third kappa shape index (κ3) is 4.37. The Balaban J connectivity index is 1.59. The van der Waals surface area contributed by atoms with Crippen LogP contribution in [-0.4, -0.2) is 51.6 Å². The quantitative estimate of drug-likeness (QED) is 0.353. The zero-order chi connectivity index (χ0) is 27.0. The molecule has 2 heterocycles. The molecule has 1 aliphatic heterocycles. The highest BCUT2D eigenvalue weighted by Crippen LogP contribution is 2.35. The first-order chi connectivity index (χ1) is 18.2. The summed E-state index contributed by atoms with van der Waals surface area (Å²) in [6.07, 6.45) is 1.65. The van der Waals surface area contributed by atoms with E-state index in [1.807, 2.05) is 31.2 Å². The molecule has 3 aromatic carbocycles. The first kappa shape index (κ1) is 25.4. The molecule has 5 rings (SSSR count). The number of fused-ring (bicyclic) bond motifs is 1. The molecule has 9 heteroatoms. The van der Waals surface area contributed by atoms with E-state index < -0.39 is 16.0 Å². The van der Waals surface area contributed by atoms with Gasteiger partial charge >= 0.3 is 5.97 Å². The average molecular weight is 529 g/mol. The van der Waals surface area contributed by atoms with Gasteiger partial charge in [0.25, 0.3) is 10.0 Å². The van der Waals surface area contributed by atoms with E-state index in [0.29, 0.717) is 53.8 Å². The molecule has 0 spiro atoms. The number of esters is 1. The fraction of sp³-hybridized carbons (Fsp3) is 0.241. The highest BCUT2D eigenvalue weighted by atomic mass is 32.2. The lowest BCUT2D eigenvalue weighted by atomic mass is 10.0. The van der Waals surface area contributed by atoms with E-state index in [9.17, 15) is 18.5 Å². The lowest BCUT2D eigenvalue weighted by Gasteiger charge is -2.37. The lowest BCUT2D eigenvalue weighted by molar-refractivity contribution is 0.0600. The number of hydrogen-bond donors (Lipinski definition) is 0. The van der Waals surface area contributed by atoms with Crippen molar-refractivity contribution in [2.45, 2.75) is 18.7 Å². The molecule has 0 saturated carbocycles. The van der Waals surface area contributed by atoms with Gasteiger partial charge in [0, 0.05) is 37.8 Å². The van der Waals surface area contributed by atoms with Gasteiger partial charge in [-0.15, -0.1) is 0 Å². The summed E-state index contributed by atoms with van der Waals surface area (Å²) in [6.45, 7) is 6.23. The Hall–Kier alpha value is -4.29. The number of carbonyl (C=O) groups is 1. The topological polar surface area (TPSA) is 95.6 Å². The van der Waals surface area contributed by atoms with Crippen molar-refractivity contribution in [2.24, 2.45) is 0 Å². The van der Waals surface area contributed by atoms with Crippen LogP contribution in [0.25, 0.3) is 10.9 Å². The number of methoxy groups -OCH3 is 1. The third-order valence-electron chi connectivity index (χ3n) is 7.06. The van der Waals surface area contributed by atoms with Crippen LogP contribution in [0.3, 0.4) is 0 Å². The van der Waals surface area contributed by atoms with Gasteiger partial charge in [-0.1, -0.05) is 29.8 Å². The number of benzene rings is 3. The second-order valence-corrected chi connectivity index (χ2v) is 11.2. The van der Waals surface area contributed by atoms with Crippen molar-refractivity contribution >= 4 is 38.3 Å². The molecule has 1 fully saturated rings. The van der Waals surface area contributed by atoms with Gasteiger partial charge in [0.15, 0.2) is 0 Å². The monoisotopic (exact) mass is 528 g/mol. The predicted molar refractivity (Wildman–Crippen MR) is 147 cm³/mol. The number of carbonyl (C=O) groups excluding carboxylic acids is 1. The molecule has 1 saturated heterocycles. The van der Waals surface area contributed by atoms with Gasteiger partial charge < -0.3 is 14.5 Å². The minimum atomic E-state index is -3.89. The van der Waals surface area contributed by atoms with Crippen molar-refractivity contribution in [1.29, 1.82) is 5.26 Å². The molecule has 0 N–H and O–H groups in total. The molecule has 0 bridgehead atoms. The molecular formula is C29H28N4O4S. The Bertz CT molecular complexity index is 1680. The van der Waals surface area contributed by atoms with Crippen LogP contribution in [0.1, 0.15) is 27.0 Å². The van der Waals surface area contributed by atoms with Crippen LogP contribution in [0.2, 0.25) is 0 Å². The Labute approximate surface area is 222 Å². The molecule has 8 nitrogen and oxygen atoms in total. The number of nitriles is 1. The maximum Gasteiger partial charge on any atom is 0.338 e. The van der Waals surface area contributed by atoms with Gasteiger partial charge in [0.1, 0.15) is 6.07 Å². The predicted octanol–water partition coefficient (Wildman–Crippen LogP) is 4.48. The van der Waals surface area contributed by atoms with Gasteiger partial charge in [-0.3, -0.25) is 0 Å². The molecule has 1 aliphatic rings. The van der Waals surface area contributed by atoms with Gasteiger partial charge in [0.2, 0.25) is 0 Å². The number of para-hydroxylation sites is 1. The second-order valence-electron chi connectivity index (χ2n) is 9.41. The lowest BCUT2D eigenvalue weighted by Crippen LogP contribution is -2.46. The first-order valence-corrected chi connectivity index (χ1v) is 13.7. The summed E-state index contributed by atoms with van der Waals surface area (Å²) in [5, 5.41) is 10.2. The number of ether oxygens (including phenoxy) is 1. The number of hydrogen-bond acceptors (Lipinski definition) is 7. The fourth-order valence-electron chi connectivity index (χ4n) is 4.97. The van der Waals surface area contributed by atoms with Crippen LogP contribution in [0.4, 0.5) is 11.4 Å². The molecule has 0 amide bonds. The van der Waals surface area contributed by atoms with E-state index in [1.165, 1.54) is 11.1 Å². The number of aromatic nitrogens is 1. The maximum atomic E-state index is 13.8. The van der Waals surface area contributed by atoms with Crippen molar-refractivity contribution in [3.8, 4) is 6.07 Å². The van der Waals surface area contributed by atoms with E-state index in [0.717, 1.165) is 16.9 Å². The zero-order valence-corrected chi connectivity index (χ0v) is 22.3. The molecule has 4 aromatic rings. The van der Waals surface area contributed by atoms with E-state index in [2.05, 4.69) is 15.9 Å². The molecular weight excluding hydrogens is 500 g/mol. The summed E-state index contributed by atoms with van der Waals surface area (Å²) in [7, 11) is -2.56. The van der Waals surface area contributed by atoms with E-state index in [-0.39, 0.29) is 4.90 Å². The largest absolute Gasteiger partial charge is 0.465 e. The van der Waals surface area contributed by atoms with Crippen molar-refractivity contribution in [3.63, 3.8) is 0 Å². The Morgan fingerprint density at radius 1 is 0.921 bits per heavy atom. The minimum Gasteiger partial charge on any atom is -0.465 e. The third-order valence-corrected chi connectivity index (χ3v) is 8.75. The number of nitrogens with zero attached hydrogens (tertiary/aromatic N) is 4. The summed E-state index contributed by atoms with van der Waals surface area (Å²) in [5.41, 5.74) is 4.75. The summed E-state index contributed by atoms with van der Waals surface area (Å²) < 4.78 is 33.8. The number of anilines is 2. The average Bonchev–Trinajstić information content (AvgIpc) is 3.31. The molecule has 0 aliphatic carbocycles. The van der Waals surface area contributed by atoms with E-state index >= 15 is 0 Å². The van der Waals surface area contributed by atoms with Crippen LogP contribution in [0, 0.1) is 25.2 Å². The molecule has 194 valence electrons.